The Kier molecular flexibility index (Phi) is 3.36. The number of benzene rings is 1. The summed E-state index contributed by atoms with van der Waals surface area (Å²) in [5, 5.41) is 9.92. The van der Waals surface area contributed by atoms with E-state index in [1.165, 1.54) is 0 Å². The van der Waals surface area contributed by atoms with Crippen molar-refractivity contribution in [1.82, 2.24) is 0 Å². The molecule has 0 aliphatic heterocycles. The molecule has 1 N–H and O–H groups in total. The van der Waals surface area contributed by atoms with Crippen molar-refractivity contribution in [2.75, 3.05) is 0 Å². The molecule has 0 atom stereocenters. The average Bonchev–Trinajstić information content (AvgIpc) is 2.06. The van der Waals surface area contributed by atoms with Gasteiger partial charge >= 0.3 is 0 Å². The Morgan fingerprint density at radius 3 is 1.93 bits per heavy atom. The Morgan fingerprint density at radius 2 is 1.53 bits per heavy atom. The number of thiol groups is 1. The molecule has 1 rings (SSSR count). The minimum atomic E-state index is -0.896. The molecule has 15 heavy (non-hydrogen) atoms. The van der Waals surface area contributed by atoms with Gasteiger partial charge in [0.15, 0.2) is 0 Å². The van der Waals surface area contributed by atoms with E-state index >= 15 is 0 Å². The maximum absolute atomic E-state index is 9.92. The van der Waals surface area contributed by atoms with Crippen LogP contribution in [0.2, 0.25) is 0 Å². The fourth-order valence-corrected chi connectivity index (χ4v) is 1.08. The molecule has 0 spiro atoms. The topological polar surface area (TPSA) is 29.5 Å². The van der Waals surface area contributed by atoms with Gasteiger partial charge in [-0.1, -0.05) is 0 Å². The molecule has 3 heteroatoms. The number of hydrogen-bond acceptors (Lipinski definition) is 3. The van der Waals surface area contributed by atoms with E-state index in [0.29, 0.717) is 0 Å². The van der Waals surface area contributed by atoms with E-state index in [9.17, 15) is 5.11 Å². The molecule has 0 saturated heterocycles. The van der Waals surface area contributed by atoms with E-state index < -0.39 is 11.2 Å². The summed E-state index contributed by atoms with van der Waals surface area (Å²) in [6.45, 7) is 7.20. The first-order valence-electron chi connectivity index (χ1n) is 4.93. The first kappa shape index (κ1) is 12.4. The molecule has 0 aliphatic rings. The lowest BCUT2D eigenvalue weighted by atomic mass is 9.89. The predicted molar refractivity (Wildman–Crippen MR) is 64.7 cm³/mol. The van der Waals surface area contributed by atoms with Crippen LogP contribution in [0.3, 0.4) is 0 Å². The second-order valence-electron chi connectivity index (χ2n) is 4.67. The van der Waals surface area contributed by atoms with Crippen molar-refractivity contribution in [1.29, 1.82) is 0 Å². The number of hydrogen-bond donors (Lipinski definition) is 2. The molecule has 0 heterocycles. The molecule has 0 aliphatic carbocycles. The highest BCUT2D eigenvalue weighted by molar-refractivity contribution is 7.80. The van der Waals surface area contributed by atoms with Crippen LogP contribution in [0, 0.1) is 0 Å². The second-order valence-corrected chi connectivity index (χ2v) is 5.18. The third-order valence-corrected chi connectivity index (χ3v) is 2.98. The van der Waals surface area contributed by atoms with Crippen LogP contribution in [-0.2, 0) is 0 Å². The summed E-state index contributed by atoms with van der Waals surface area (Å²) in [5.41, 5.74) is -1.53. The number of ether oxygens (including phenoxy) is 1. The summed E-state index contributed by atoms with van der Waals surface area (Å²) < 4.78 is 5.74. The van der Waals surface area contributed by atoms with Gasteiger partial charge in [0, 0.05) is 4.90 Å². The normalized spacial score (nSPS) is 12.7. The zero-order valence-corrected chi connectivity index (χ0v) is 10.5. The van der Waals surface area contributed by atoms with Crippen LogP contribution in [-0.4, -0.2) is 16.3 Å². The molecule has 0 amide bonds. The smallest absolute Gasteiger partial charge is 0.131 e. The highest BCUT2D eigenvalue weighted by atomic mass is 32.1. The maximum atomic E-state index is 9.92. The van der Waals surface area contributed by atoms with E-state index in [-0.39, 0.29) is 0 Å². The molecule has 0 bridgehead atoms. The molecule has 1 aromatic carbocycles. The van der Waals surface area contributed by atoms with Gasteiger partial charge in [0.25, 0.3) is 0 Å². The molecule has 1 aromatic rings. The first-order chi connectivity index (χ1) is 6.72. The molecular weight excluding hydrogens is 208 g/mol. The Labute approximate surface area is 96.7 Å². The molecule has 0 fully saturated rings. The van der Waals surface area contributed by atoms with Crippen molar-refractivity contribution in [2.45, 2.75) is 43.8 Å². The van der Waals surface area contributed by atoms with E-state index in [1.54, 1.807) is 13.8 Å². The highest BCUT2D eigenvalue weighted by Crippen LogP contribution is 2.28. The highest BCUT2D eigenvalue weighted by Gasteiger charge is 2.37. The van der Waals surface area contributed by atoms with Crippen LogP contribution in [0.25, 0.3) is 0 Å². The molecule has 2 nitrogen and oxygen atoms in total. The monoisotopic (exact) mass is 226 g/mol. The van der Waals surface area contributed by atoms with Crippen LogP contribution in [0.1, 0.15) is 27.7 Å². The van der Waals surface area contributed by atoms with Gasteiger partial charge in [-0.15, -0.1) is 12.6 Å². The Hall–Kier alpha value is -0.670. The summed E-state index contributed by atoms with van der Waals surface area (Å²) in [6.07, 6.45) is 0. The fraction of sp³-hybridized carbons (Fsp3) is 0.500. The van der Waals surface area contributed by atoms with Crippen LogP contribution < -0.4 is 4.74 Å². The van der Waals surface area contributed by atoms with Crippen LogP contribution in [0.4, 0.5) is 0 Å². The van der Waals surface area contributed by atoms with Crippen molar-refractivity contribution in [2.24, 2.45) is 0 Å². The number of aliphatic hydroxyl groups is 1. The van der Waals surface area contributed by atoms with E-state index in [4.69, 9.17) is 4.74 Å². The fourth-order valence-electron chi connectivity index (χ4n) is 0.934. The van der Waals surface area contributed by atoms with E-state index in [0.717, 1.165) is 10.6 Å². The zero-order chi connectivity index (χ0) is 11.7. The summed E-state index contributed by atoms with van der Waals surface area (Å²) >= 11 is 4.20. The summed E-state index contributed by atoms with van der Waals surface area (Å²) in [5.74, 6) is 0.736. The van der Waals surface area contributed by atoms with Gasteiger partial charge in [-0.2, -0.15) is 0 Å². The van der Waals surface area contributed by atoms with Gasteiger partial charge in [-0.25, -0.2) is 0 Å². The molecule has 0 radical (unpaired) electrons. The van der Waals surface area contributed by atoms with Crippen LogP contribution in [0.15, 0.2) is 29.2 Å². The number of rotatable bonds is 3. The lowest BCUT2D eigenvalue weighted by molar-refractivity contribution is -0.0906. The second kappa shape index (κ2) is 4.06. The van der Waals surface area contributed by atoms with E-state index in [1.807, 2.05) is 38.1 Å². The van der Waals surface area contributed by atoms with E-state index in [2.05, 4.69) is 12.6 Å². The summed E-state index contributed by atoms with van der Waals surface area (Å²) in [7, 11) is 0. The SMILES string of the molecule is CC(C)(O)C(C)(C)Oc1ccc(S)cc1. The van der Waals surface area contributed by atoms with Crippen LogP contribution >= 0.6 is 12.6 Å². The van der Waals surface area contributed by atoms with Gasteiger partial charge in [0.1, 0.15) is 11.4 Å². The predicted octanol–water partition coefficient (Wildman–Crippen LogP) is 2.90. The summed E-state index contributed by atoms with van der Waals surface area (Å²) in [6, 6.07) is 7.41. The Bertz CT molecular complexity index is 322. The van der Waals surface area contributed by atoms with Gasteiger partial charge in [0.05, 0.1) is 5.60 Å². The molecule has 0 unspecified atom stereocenters. The third kappa shape index (κ3) is 3.14. The van der Waals surface area contributed by atoms with Gasteiger partial charge in [-0.05, 0) is 52.0 Å². The lowest BCUT2D eigenvalue weighted by Crippen LogP contribution is -2.49. The average molecular weight is 226 g/mol. The maximum Gasteiger partial charge on any atom is 0.131 e. The standard InChI is InChI=1S/C12H18O2S/c1-11(2,13)12(3,4)14-9-5-7-10(15)8-6-9/h5-8,13,15H,1-4H3. The Balaban J connectivity index is 2.82. The van der Waals surface area contributed by atoms with Crippen molar-refractivity contribution >= 4 is 12.6 Å². The van der Waals surface area contributed by atoms with Crippen molar-refractivity contribution in [3.8, 4) is 5.75 Å². The molecule has 0 aromatic heterocycles. The first-order valence-corrected chi connectivity index (χ1v) is 5.37. The minimum absolute atomic E-state index is 0.634. The lowest BCUT2D eigenvalue weighted by Gasteiger charge is -2.37. The van der Waals surface area contributed by atoms with Gasteiger partial charge in [0.2, 0.25) is 0 Å². The molecular formula is C12H18O2S. The van der Waals surface area contributed by atoms with Crippen molar-refractivity contribution in [3.05, 3.63) is 24.3 Å². The van der Waals surface area contributed by atoms with Crippen molar-refractivity contribution < 1.29 is 9.84 Å². The van der Waals surface area contributed by atoms with Gasteiger partial charge in [-0.3, -0.25) is 0 Å². The minimum Gasteiger partial charge on any atom is -0.485 e. The molecule has 84 valence electrons. The third-order valence-electron chi connectivity index (χ3n) is 2.68. The largest absolute Gasteiger partial charge is 0.485 e. The molecule has 0 saturated carbocycles. The van der Waals surface area contributed by atoms with Gasteiger partial charge < -0.3 is 9.84 Å². The van der Waals surface area contributed by atoms with Crippen LogP contribution in [0.5, 0.6) is 5.75 Å². The Morgan fingerprint density at radius 1 is 1.07 bits per heavy atom. The zero-order valence-electron chi connectivity index (χ0n) is 9.61. The van der Waals surface area contributed by atoms with Crippen molar-refractivity contribution in [3.63, 3.8) is 0 Å². The summed E-state index contributed by atoms with van der Waals surface area (Å²) in [4.78, 5) is 0.892. The quantitative estimate of drug-likeness (QED) is 0.776.